The van der Waals surface area contributed by atoms with Crippen LogP contribution < -0.4 is 15.8 Å². The Morgan fingerprint density at radius 2 is 1.69 bits per heavy atom. The highest BCUT2D eigenvalue weighted by Crippen LogP contribution is 2.25. The summed E-state index contributed by atoms with van der Waals surface area (Å²) in [7, 11) is 0. The van der Waals surface area contributed by atoms with Crippen molar-refractivity contribution in [2.45, 2.75) is 25.8 Å². The highest BCUT2D eigenvalue weighted by molar-refractivity contribution is 6.01. The van der Waals surface area contributed by atoms with Crippen LogP contribution in [0.4, 0.5) is 29.3 Å². The number of ether oxygens (including phenoxy) is 2. The molecule has 0 aliphatic rings. The zero-order chi connectivity index (χ0) is 25.3. The van der Waals surface area contributed by atoms with Crippen molar-refractivity contribution in [3.05, 3.63) is 90.0 Å². The van der Waals surface area contributed by atoms with E-state index in [0.29, 0.717) is 23.4 Å². The third-order valence-corrected chi connectivity index (χ3v) is 4.69. The molecule has 0 aliphatic heterocycles. The minimum Gasteiger partial charge on any atom is -0.441 e. The van der Waals surface area contributed by atoms with Crippen LogP contribution in [-0.2, 0) is 4.74 Å². The zero-order valence-corrected chi connectivity index (χ0v) is 18.7. The highest BCUT2D eigenvalue weighted by atomic mass is 19.4. The van der Waals surface area contributed by atoms with Crippen molar-refractivity contribution >= 4 is 29.6 Å². The standard InChI is InChI=1S/C25H23F3N4O3/c1-2-22(17-6-4-3-5-7-17)34-24(33)32-20-10-8-18(9-11-20)23(29)31-16-30-19-12-14-21(15-13-19)35-25(26,27)28/h3-16,22H,2H2,1H3,(H,32,33)(H2,29,30,31). The minimum atomic E-state index is -4.75. The number of alkyl halides is 3. The third-order valence-electron chi connectivity index (χ3n) is 4.69. The molecule has 0 aliphatic carbocycles. The molecular weight excluding hydrogens is 461 g/mol. The van der Waals surface area contributed by atoms with Crippen molar-refractivity contribution in [1.29, 1.82) is 0 Å². The number of halogens is 3. The quantitative estimate of drug-likeness (QED) is 0.287. The Morgan fingerprint density at radius 3 is 2.29 bits per heavy atom. The molecule has 0 aromatic heterocycles. The van der Waals surface area contributed by atoms with Crippen LogP contribution in [0, 0.1) is 0 Å². The molecule has 10 heteroatoms. The Morgan fingerprint density at radius 1 is 1.03 bits per heavy atom. The van der Waals surface area contributed by atoms with E-state index in [0.717, 1.165) is 17.7 Å². The van der Waals surface area contributed by atoms with E-state index < -0.39 is 12.5 Å². The molecule has 0 radical (unpaired) electrons. The molecule has 1 unspecified atom stereocenters. The molecule has 3 aromatic rings. The molecule has 0 saturated carbocycles. The van der Waals surface area contributed by atoms with Gasteiger partial charge in [-0.3, -0.25) is 5.32 Å². The summed E-state index contributed by atoms with van der Waals surface area (Å²) >= 11 is 0. The smallest absolute Gasteiger partial charge is 0.441 e. The Balaban J connectivity index is 1.55. The van der Waals surface area contributed by atoms with Gasteiger partial charge in [0, 0.05) is 11.3 Å². The third kappa shape index (κ3) is 8.18. The molecule has 0 heterocycles. The molecular formula is C25H23F3N4O3. The number of benzene rings is 3. The fourth-order valence-electron chi connectivity index (χ4n) is 3.02. The van der Waals surface area contributed by atoms with Crippen LogP contribution in [0.15, 0.2) is 88.8 Å². The van der Waals surface area contributed by atoms with Crippen LogP contribution in [-0.4, -0.2) is 24.6 Å². The summed E-state index contributed by atoms with van der Waals surface area (Å²) in [4.78, 5) is 20.3. The maximum Gasteiger partial charge on any atom is 0.573 e. The zero-order valence-electron chi connectivity index (χ0n) is 18.7. The lowest BCUT2D eigenvalue weighted by atomic mass is 10.1. The highest BCUT2D eigenvalue weighted by Gasteiger charge is 2.30. The van der Waals surface area contributed by atoms with Gasteiger partial charge in [-0.2, -0.15) is 0 Å². The number of carbonyl (C=O) groups is 1. The Labute approximate surface area is 200 Å². The number of amides is 1. The fourth-order valence-corrected chi connectivity index (χ4v) is 3.02. The van der Waals surface area contributed by atoms with Crippen molar-refractivity contribution in [3.63, 3.8) is 0 Å². The Bertz CT molecular complexity index is 1160. The van der Waals surface area contributed by atoms with E-state index in [1.165, 1.54) is 18.5 Å². The molecule has 0 fully saturated rings. The predicted molar refractivity (Wildman–Crippen MR) is 128 cm³/mol. The van der Waals surface area contributed by atoms with Gasteiger partial charge in [-0.25, -0.2) is 14.8 Å². The van der Waals surface area contributed by atoms with Gasteiger partial charge in [0.15, 0.2) is 0 Å². The first-order chi connectivity index (χ1) is 16.7. The molecule has 3 rings (SSSR count). The molecule has 3 aromatic carbocycles. The van der Waals surface area contributed by atoms with Crippen LogP contribution in [0.1, 0.15) is 30.6 Å². The number of anilines is 1. The van der Waals surface area contributed by atoms with E-state index >= 15 is 0 Å². The van der Waals surface area contributed by atoms with Crippen molar-refractivity contribution in [1.82, 2.24) is 0 Å². The van der Waals surface area contributed by atoms with Crippen molar-refractivity contribution in [2.75, 3.05) is 5.32 Å². The molecule has 1 atom stereocenters. The Hall–Kier alpha value is -4.34. The summed E-state index contributed by atoms with van der Waals surface area (Å²) in [6, 6.07) is 21.1. The number of rotatable bonds is 8. The number of nitrogens with zero attached hydrogens (tertiary/aromatic N) is 2. The van der Waals surface area contributed by atoms with Crippen LogP contribution in [0.25, 0.3) is 0 Å². The van der Waals surface area contributed by atoms with Gasteiger partial charge in [0.25, 0.3) is 0 Å². The predicted octanol–water partition coefficient (Wildman–Crippen LogP) is 6.35. The number of aliphatic imine (C=N–C) groups is 2. The van der Waals surface area contributed by atoms with Crippen LogP contribution in [0.2, 0.25) is 0 Å². The summed E-state index contributed by atoms with van der Waals surface area (Å²) in [6.07, 6.45) is -3.86. The number of nitrogens with two attached hydrogens (primary N) is 1. The van der Waals surface area contributed by atoms with Crippen LogP contribution in [0.5, 0.6) is 5.75 Å². The first-order valence-corrected chi connectivity index (χ1v) is 10.6. The molecule has 0 saturated heterocycles. The van der Waals surface area contributed by atoms with Crippen LogP contribution >= 0.6 is 0 Å². The number of carbonyl (C=O) groups excluding carboxylic acids is 1. The minimum absolute atomic E-state index is 0.162. The largest absolute Gasteiger partial charge is 0.573 e. The van der Waals surface area contributed by atoms with E-state index in [1.807, 2.05) is 37.3 Å². The summed E-state index contributed by atoms with van der Waals surface area (Å²) in [5, 5.41) is 2.68. The fraction of sp³-hybridized carbons (Fsp3) is 0.160. The molecule has 35 heavy (non-hydrogen) atoms. The first kappa shape index (κ1) is 25.3. The topological polar surface area (TPSA) is 98.3 Å². The van der Waals surface area contributed by atoms with Crippen molar-refractivity contribution in [2.24, 2.45) is 15.7 Å². The average molecular weight is 484 g/mol. The summed E-state index contributed by atoms with van der Waals surface area (Å²) in [5.74, 6) is -0.183. The Kier molecular flexibility index (Phi) is 8.44. The van der Waals surface area contributed by atoms with Gasteiger partial charge < -0.3 is 15.2 Å². The van der Waals surface area contributed by atoms with Crippen molar-refractivity contribution < 1.29 is 27.4 Å². The van der Waals surface area contributed by atoms with E-state index in [4.69, 9.17) is 10.5 Å². The van der Waals surface area contributed by atoms with Gasteiger partial charge in [0.1, 0.15) is 24.0 Å². The molecule has 0 spiro atoms. The molecule has 0 bridgehead atoms. The monoisotopic (exact) mass is 484 g/mol. The summed E-state index contributed by atoms with van der Waals surface area (Å²) < 4.78 is 45.9. The van der Waals surface area contributed by atoms with Gasteiger partial charge >= 0.3 is 12.5 Å². The number of nitrogens with one attached hydrogen (secondary N) is 1. The second kappa shape index (κ2) is 11.7. The SMILES string of the molecule is CCC(OC(=O)Nc1ccc(C(N)=NC=Nc2ccc(OC(F)(F)F)cc2)cc1)c1ccccc1. The molecule has 3 N–H and O–H groups in total. The molecule has 1 amide bonds. The lowest BCUT2D eigenvalue weighted by molar-refractivity contribution is -0.274. The first-order valence-electron chi connectivity index (χ1n) is 10.6. The van der Waals surface area contributed by atoms with Gasteiger partial charge in [0.2, 0.25) is 0 Å². The number of hydrogen-bond donors (Lipinski definition) is 2. The second-order valence-corrected chi connectivity index (χ2v) is 7.22. The summed E-state index contributed by atoms with van der Waals surface area (Å²) in [5.41, 5.74) is 8.34. The van der Waals surface area contributed by atoms with Crippen LogP contribution in [0.3, 0.4) is 0 Å². The van der Waals surface area contributed by atoms with E-state index in [1.54, 1.807) is 24.3 Å². The molecule has 182 valence electrons. The lowest BCUT2D eigenvalue weighted by Crippen LogP contribution is -2.17. The second-order valence-electron chi connectivity index (χ2n) is 7.22. The number of hydrogen-bond acceptors (Lipinski definition) is 4. The van der Waals surface area contributed by atoms with Gasteiger partial charge in [-0.1, -0.05) is 37.3 Å². The van der Waals surface area contributed by atoms with E-state index in [2.05, 4.69) is 20.0 Å². The van der Waals surface area contributed by atoms with Crippen molar-refractivity contribution in [3.8, 4) is 5.75 Å². The normalized spacial score (nSPS) is 12.9. The summed E-state index contributed by atoms with van der Waals surface area (Å²) in [6.45, 7) is 1.93. The van der Waals surface area contributed by atoms with E-state index in [-0.39, 0.29) is 17.7 Å². The van der Waals surface area contributed by atoms with Gasteiger partial charge in [-0.05, 0) is 60.5 Å². The van der Waals surface area contributed by atoms with Gasteiger partial charge in [0.05, 0.1) is 5.69 Å². The maximum absolute atomic E-state index is 12.3. The lowest BCUT2D eigenvalue weighted by Gasteiger charge is -2.17. The average Bonchev–Trinajstić information content (AvgIpc) is 2.83. The molecule has 7 nitrogen and oxygen atoms in total. The number of amidine groups is 1. The van der Waals surface area contributed by atoms with E-state index in [9.17, 15) is 18.0 Å². The van der Waals surface area contributed by atoms with Gasteiger partial charge in [-0.15, -0.1) is 13.2 Å². The maximum atomic E-state index is 12.3.